The van der Waals surface area contributed by atoms with Crippen LogP contribution in [0.1, 0.15) is 24.2 Å². The molecule has 18 heavy (non-hydrogen) atoms. The monoisotopic (exact) mass is 252 g/mol. The van der Waals surface area contributed by atoms with Crippen molar-refractivity contribution in [3.8, 4) is 0 Å². The molecular weight excluding hydrogens is 235 g/mol. The van der Waals surface area contributed by atoms with Crippen LogP contribution in [0.2, 0.25) is 0 Å². The number of aromatic carboxylic acids is 1. The maximum atomic E-state index is 13.7. The average Bonchev–Trinajstić information content (AvgIpc) is 2.31. The number of carboxylic acid groups (broad SMARTS) is 1. The van der Waals surface area contributed by atoms with E-state index < -0.39 is 11.8 Å². The minimum Gasteiger partial charge on any atom is -0.478 e. The van der Waals surface area contributed by atoms with E-state index in [1.54, 1.807) is 6.07 Å². The third-order valence-electron chi connectivity index (χ3n) is 3.28. The van der Waals surface area contributed by atoms with Gasteiger partial charge in [0.2, 0.25) is 0 Å². The van der Waals surface area contributed by atoms with E-state index in [1.807, 2.05) is 0 Å². The Labute approximate surface area is 105 Å². The van der Waals surface area contributed by atoms with Crippen molar-refractivity contribution in [2.45, 2.75) is 25.9 Å². The van der Waals surface area contributed by atoms with Crippen molar-refractivity contribution in [2.75, 3.05) is 18.0 Å². The molecule has 0 bridgehead atoms. The van der Waals surface area contributed by atoms with E-state index in [1.165, 1.54) is 12.1 Å². The molecule has 2 atom stereocenters. The first kappa shape index (κ1) is 12.8. The molecule has 2 N–H and O–H groups in total. The van der Waals surface area contributed by atoms with Gasteiger partial charge in [0.25, 0.3) is 0 Å². The molecule has 1 heterocycles. The molecule has 0 radical (unpaired) electrons. The van der Waals surface area contributed by atoms with E-state index in [0.29, 0.717) is 6.04 Å². The Balaban J connectivity index is 2.28. The Morgan fingerprint density at radius 2 is 2.22 bits per heavy atom. The van der Waals surface area contributed by atoms with E-state index in [0.717, 1.165) is 18.8 Å². The zero-order valence-electron chi connectivity index (χ0n) is 10.5. The predicted molar refractivity (Wildman–Crippen MR) is 67.6 cm³/mol. The molecule has 1 saturated heterocycles. The van der Waals surface area contributed by atoms with Crippen molar-refractivity contribution in [1.29, 1.82) is 0 Å². The summed E-state index contributed by atoms with van der Waals surface area (Å²) >= 11 is 0. The lowest BCUT2D eigenvalue weighted by molar-refractivity contribution is 0.0692. The number of anilines is 1. The van der Waals surface area contributed by atoms with Crippen LogP contribution in [0.15, 0.2) is 18.2 Å². The van der Waals surface area contributed by atoms with Crippen molar-refractivity contribution in [1.82, 2.24) is 5.32 Å². The number of piperazine rings is 1. The molecule has 5 heteroatoms. The SMILES string of the molecule is C[C@@H]1CN(c2ccc(C(=O)O)c(F)c2)[C@@H](C)CN1. The van der Waals surface area contributed by atoms with Crippen LogP contribution in [0.5, 0.6) is 0 Å². The maximum Gasteiger partial charge on any atom is 0.338 e. The molecule has 1 aromatic rings. The molecule has 0 spiro atoms. The molecular formula is C13H17FN2O2. The van der Waals surface area contributed by atoms with Gasteiger partial charge in [0.1, 0.15) is 5.82 Å². The Morgan fingerprint density at radius 1 is 1.50 bits per heavy atom. The summed E-state index contributed by atoms with van der Waals surface area (Å²) in [5.41, 5.74) is 0.452. The number of hydrogen-bond donors (Lipinski definition) is 2. The van der Waals surface area contributed by atoms with Crippen LogP contribution in [0, 0.1) is 5.82 Å². The second-order valence-electron chi connectivity index (χ2n) is 4.78. The third kappa shape index (κ3) is 2.46. The number of rotatable bonds is 2. The highest BCUT2D eigenvalue weighted by Gasteiger charge is 2.23. The molecule has 0 aromatic heterocycles. The van der Waals surface area contributed by atoms with Crippen molar-refractivity contribution in [3.63, 3.8) is 0 Å². The first-order chi connectivity index (χ1) is 8.49. The Bertz CT molecular complexity index is 464. The molecule has 0 aliphatic carbocycles. The van der Waals surface area contributed by atoms with E-state index in [9.17, 15) is 9.18 Å². The van der Waals surface area contributed by atoms with Gasteiger partial charge >= 0.3 is 5.97 Å². The van der Waals surface area contributed by atoms with Gasteiger partial charge in [0, 0.05) is 30.9 Å². The van der Waals surface area contributed by atoms with Crippen LogP contribution in [-0.2, 0) is 0 Å². The van der Waals surface area contributed by atoms with E-state index >= 15 is 0 Å². The number of carbonyl (C=O) groups is 1. The van der Waals surface area contributed by atoms with Crippen LogP contribution in [0.4, 0.5) is 10.1 Å². The molecule has 4 nitrogen and oxygen atoms in total. The minimum atomic E-state index is -1.24. The first-order valence-corrected chi connectivity index (χ1v) is 6.02. The Morgan fingerprint density at radius 3 is 2.83 bits per heavy atom. The zero-order valence-corrected chi connectivity index (χ0v) is 10.5. The fourth-order valence-corrected chi connectivity index (χ4v) is 2.24. The summed E-state index contributed by atoms with van der Waals surface area (Å²) in [7, 11) is 0. The smallest absolute Gasteiger partial charge is 0.338 e. The number of hydrogen-bond acceptors (Lipinski definition) is 3. The third-order valence-corrected chi connectivity index (χ3v) is 3.28. The lowest BCUT2D eigenvalue weighted by Gasteiger charge is -2.39. The Hall–Kier alpha value is -1.62. The largest absolute Gasteiger partial charge is 0.478 e. The highest BCUT2D eigenvalue weighted by atomic mass is 19.1. The molecule has 0 amide bonds. The summed E-state index contributed by atoms with van der Waals surface area (Å²) in [6, 6.07) is 4.89. The fourth-order valence-electron chi connectivity index (χ4n) is 2.24. The van der Waals surface area contributed by atoms with Gasteiger partial charge in [-0.1, -0.05) is 0 Å². The van der Waals surface area contributed by atoms with Gasteiger partial charge in [-0.05, 0) is 32.0 Å². The average molecular weight is 252 g/mol. The van der Waals surface area contributed by atoms with E-state index in [4.69, 9.17) is 5.11 Å². The van der Waals surface area contributed by atoms with Gasteiger partial charge in [-0.15, -0.1) is 0 Å². The van der Waals surface area contributed by atoms with Crippen LogP contribution in [-0.4, -0.2) is 36.2 Å². The topological polar surface area (TPSA) is 52.6 Å². The number of carboxylic acids is 1. The molecule has 0 saturated carbocycles. The van der Waals surface area contributed by atoms with Gasteiger partial charge in [-0.2, -0.15) is 0 Å². The van der Waals surface area contributed by atoms with Gasteiger partial charge in [-0.25, -0.2) is 9.18 Å². The molecule has 1 aromatic carbocycles. The summed E-state index contributed by atoms with van der Waals surface area (Å²) in [5, 5.41) is 12.1. The molecule has 1 fully saturated rings. The standard InChI is InChI=1S/C13H17FN2O2/c1-8-7-16(9(2)6-15-8)10-3-4-11(13(17)18)12(14)5-10/h3-5,8-9,15H,6-7H2,1-2H3,(H,17,18)/t8-,9+/m1/s1. The van der Waals surface area contributed by atoms with Gasteiger partial charge in [-0.3, -0.25) is 0 Å². The highest BCUT2D eigenvalue weighted by Crippen LogP contribution is 2.22. The summed E-state index contributed by atoms with van der Waals surface area (Å²) in [6.07, 6.45) is 0. The van der Waals surface area contributed by atoms with Crippen LogP contribution < -0.4 is 10.2 Å². The van der Waals surface area contributed by atoms with Crippen LogP contribution >= 0.6 is 0 Å². The molecule has 1 aliphatic heterocycles. The maximum absolute atomic E-state index is 13.7. The quantitative estimate of drug-likeness (QED) is 0.841. The number of nitrogens with one attached hydrogen (secondary N) is 1. The summed E-state index contributed by atoms with van der Waals surface area (Å²) in [6.45, 7) is 5.75. The summed E-state index contributed by atoms with van der Waals surface area (Å²) < 4.78 is 13.7. The predicted octanol–water partition coefficient (Wildman–Crippen LogP) is 1.71. The van der Waals surface area contributed by atoms with Crippen molar-refractivity contribution in [3.05, 3.63) is 29.6 Å². The lowest BCUT2D eigenvalue weighted by atomic mass is 10.1. The first-order valence-electron chi connectivity index (χ1n) is 6.02. The normalized spacial score (nSPS) is 24.1. The highest BCUT2D eigenvalue weighted by molar-refractivity contribution is 5.88. The second kappa shape index (κ2) is 4.94. The number of halogens is 1. The number of benzene rings is 1. The molecule has 98 valence electrons. The van der Waals surface area contributed by atoms with Crippen molar-refractivity contribution in [2.24, 2.45) is 0 Å². The second-order valence-corrected chi connectivity index (χ2v) is 4.78. The summed E-state index contributed by atoms with van der Waals surface area (Å²) in [4.78, 5) is 12.9. The minimum absolute atomic E-state index is 0.260. The molecule has 1 aliphatic rings. The fraction of sp³-hybridized carbons (Fsp3) is 0.462. The van der Waals surface area contributed by atoms with E-state index in [-0.39, 0.29) is 11.6 Å². The van der Waals surface area contributed by atoms with Crippen molar-refractivity contribution < 1.29 is 14.3 Å². The van der Waals surface area contributed by atoms with Gasteiger partial charge < -0.3 is 15.3 Å². The van der Waals surface area contributed by atoms with Crippen molar-refractivity contribution >= 4 is 11.7 Å². The molecule has 2 rings (SSSR count). The number of nitrogens with zero attached hydrogens (tertiary/aromatic N) is 1. The molecule has 0 unspecified atom stereocenters. The Kier molecular flexibility index (Phi) is 3.52. The lowest BCUT2D eigenvalue weighted by Crippen LogP contribution is -2.54. The zero-order chi connectivity index (χ0) is 13.3. The van der Waals surface area contributed by atoms with Crippen LogP contribution in [0.3, 0.4) is 0 Å². The van der Waals surface area contributed by atoms with E-state index in [2.05, 4.69) is 24.1 Å². The summed E-state index contributed by atoms with van der Waals surface area (Å²) in [5.74, 6) is -1.92. The van der Waals surface area contributed by atoms with Gasteiger partial charge in [0.15, 0.2) is 0 Å². The van der Waals surface area contributed by atoms with Gasteiger partial charge in [0.05, 0.1) is 5.56 Å². The van der Waals surface area contributed by atoms with Crippen LogP contribution in [0.25, 0.3) is 0 Å².